The van der Waals surface area contributed by atoms with Crippen molar-refractivity contribution >= 4 is 34.8 Å². The zero-order valence-corrected chi connectivity index (χ0v) is 16.2. The van der Waals surface area contributed by atoms with Crippen LogP contribution in [0.2, 0.25) is 5.02 Å². The first-order valence-corrected chi connectivity index (χ1v) is 9.10. The molecule has 26 heavy (non-hydrogen) atoms. The first-order chi connectivity index (χ1) is 12.3. The number of nitrogens with one attached hydrogen (secondary N) is 2. The zero-order valence-electron chi connectivity index (χ0n) is 15.4. The molecule has 2 N–H and O–H groups in total. The molecule has 0 heterocycles. The van der Waals surface area contributed by atoms with E-state index in [-0.39, 0.29) is 23.7 Å². The predicted octanol–water partition coefficient (Wildman–Crippen LogP) is 4.79. The van der Waals surface area contributed by atoms with Gasteiger partial charge in [0.1, 0.15) is 0 Å². The molecule has 136 valence electrons. The lowest BCUT2D eigenvalue weighted by Gasteiger charge is -2.12. The second-order valence-corrected chi connectivity index (χ2v) is 7.59. The van der Waals surface area contributed by atoms with Crippen LogP contribution >= 0.6 is 11.6 Å². The highest BCUT2D eigenvalue weighted by molar-refractivity contribution is 6.34. The Morgan fingerprint density at radius 2 is 1.50 bits per heavy atom. The standard InChI is InChI=1S/C21H23ClN2O2/c1-11-5-6-18(13(3)7-11)23-20(25)15-10-16(15)21(26)24-19-14(4)8-12(2)9-17(19)22/h5-9,15-16H,10H2,1-4H3,(H,23,25)(H,24,26). The number of halogens is 1. The van der Waals surface area contributed by atoms with Crippen molar-refractivity contribution in [2.24, 2.45) is 11.8 Å². The molecule has 2 unspecified atom stereocenters. The molecule has 1 aliphatic carbocycles. The van der Waals surface area contributed by atoms with Gasteiger partial charge in [-0.25, -0.2) is 0 Å². The molecule has 0 aromatic heterocycles. The van der Waals surface area contributed by atoms with E-state index in [2.05, 4.69) is 10.6 Å². The van der Waals surface area contributed by atoms with E-state index in [1.807, 2.05) is 58.0 Å². The minimum Gasteiger partial charge on any atom is -0.326 e. The summed E-state index contributed by atoms with van der Waals surface area (Å²) in [5.41, 5.74) is 5.55. The van der Waals surface area contributed by atoms with Gasteiger partial charge in [-0.05, 0) is 62.9 Å². The maximum atomic E-state index is 12.5. The largest absolute Gasteiger partial charge is 0.326 e. The van der Waals surface area contributed by atoms with Gasteiger partial charge in [-0.2, -0.15) is 0 Å². The summed E-state index contributed by atoms with van der Waals surface area (Å²) >= 11 is 6.25. The average Bonchev–Trinajstić information content (AvgIpc) is 3.34. The summed E-state index contributed by atoms with van der Waals surface area (Å²) in [6, 6.07) is 9.67. The highest BCUT2D eigenvalue weighted by atomic mass is 35.5. The maximum Gasteiger partial charge on any atom is 0.228 e. The Labute approximate surface area is 158 Å². The molecule has 1 saturated carbocycles. The van der Waals surface area contributed by atoms with Crippen LogP contribution in [0.15, 0.2) is 30.3 Å². The highest BCUT2D eigenvalue weighted by Gasteiger charge is 2.48. The molecule has 2 aromatic carbocycles. The average molecular weight is 371 g/mol. The van der Waals surface area contributed by atoms with Crippen molar-refractivity contribution in [1.29, 1.82) is 0 Å². The van der Waals surface area contributed by atoms with E-state index in [4.69, 9.17) is 11.6 Å². The summed E-state index contributed by atoms with van der Waals surface area (Å²) < 4.78 is 0. The molecule has 1 fully saturated rings. The lowest BCUT2D eigenvalue weighted by atomic mass is 10.1. The molecule has 0 spiro atoms. The number of carbonyl (C=O) groups excluding carboxylic acids is 2. The summed E-state index contributed by atoms with van der Waals surface area (Å²) in [6.07, 6.45) is 0.561. The molecule has 2 amide bonds. The van der Waals surface area contributed by atoms with Crippen LogP contribution in [0, 0.1) is 39.5 Å². The fraction of sp³-hybridized carbons (Fsp3) is 0.333. The van der Waals surface area contributed by atoms with Crippen LogP contribution in [0.1, 0.15) is 28.7 Å². The fourth-order valence-corrected chi connectivity index (χ4v) is 3.61. The lowest BCUT2D eigenvalue weighted by Crippen LogP contribution is -2.21. The van der Waals surface area contributed by atoms with Gasteiger partial charge >= 0.3 is 0 Å². The Morgan fingerprint density at radius 1 is 0.885 bits per heavy atom. The zero-order chi connectivity index (χ0) is 19.0. The van der Waals surface area contributed by atoms with Crippen LogP contribution in [0.4, 0.5) is 11.4 Å². The van der Waals surface area contributed by atoms with Crippen molar-refractivity contribution in [2.75, 3.05) is 10.6 Å². The Bertz CT molecular complexity index is 869. The van der Waals surface area contributed by atoms with E-state index in [0.717, 1.165) is 27.9 Å². The van der Waals surface area contributed by atoms with Crippen LogP contribution in [-0.4, -0.2) is 11.8 Å². The maximum absolute atomic E-state index is 12.5. The van der Waals surface area contributed by atoms with Crippen molar-refractivity contribution in [3.63, 3.8) is 0 Å². The predicted molar refractivity (Wildman–Crippen MR) is 106 cm³/mol. The van der Waals surface area contributed by atoms with Gasteiger partial charge in [0.25, 0.3) is 0 Å². The number of hydrogen-bond acceptors (Lipinski definition) is 2. The number of rotatable bonds is 4. The molecular formula is C21H23ClN2O2. The number of anilines is 2. The minimum atomic E-state index is -0.308. The van der Waals surface area contributed by atoms with Crippen molar-refractivity contribution < 1.29 is 9.59 Å². The Kier molecular flexibility index (Phi) is 5.05. The van der Waals surface area contributed by atoms with Gasteiger partial charge in [0, 0.05) is 5.69 Å². The number of amides is 2. The third-order valence-corrected chi connectivity index (χ3v) is 5.08. The van der Waals surface area contributed by atoms with Crippen molar-refractivity contribution in [1.82, 2.24) is 0 Å². The van der Waals surface area contributed by atoms with Crippen LogP contribution in [0.25, 0.3) is 0 Å². The van der Waals surface area contributed by atoms with E-state index in [9.17, 15) is 9.59 Å². The number of aryl methyl sites for hydroxylation is 4. The molecule has 4 nitrogen and oxygen atoms in total. The highest BCUT2D eigenvalue weighted by Crippen LogP contribution is 2.41. The lowest BCUT2D eigenvalue weighted by molar-refractivity contribution is -0.122. The number of carbonyl (C=O) groups is 2. The van der Waals surface area contributed by atoms with Gasteiger partial charge in [0.05, 0.1) is 22.5 Å². The van der Waals surface area contributed by atoms with E-state index in [1.54, 1.807) is 0 Å². The van der Waals surface area contributed by atoms with Gasteiger partial charge in [-0.1, -0.05) is 35.4 Å². The molecule has 0 bridgehead atoms. The summed E-state index contributed by atoms with van der Waals surface area (Å²) in [5, 5.41) is 6.34. The molecule has 0 saturated heterocycles. The normalized spacial score (nSPS) is 18.3. The van der Waals surface area contributed by atoms with Gasteiger partial charge in [-0.3, -0.25) is 9.59 Å². The number of hydrogen-bond donors (Lipinski definition) is 2. The van der Waals surface area contributed by atoms with Gasteiger partial charge < -0.3 is 10.6 Å². The quantitative estimate of drug-likeness (QED) is 0.813. The smallest absolute Gasteiger partial charge is 0.228 e. The van der Waals surface area contributed by atoms with Crippen LogP contribution in [0.3, 0.4) is 0 Å². The van der Waals surface area contributed by atoms with E-state index >= 15 is 0 Å². The molecule has 2 atom stereocenters. The van der Waals surface area contributed by atoms with Gasteiger partial charge in [-0.15, -0.1) is 0 Å². The summed E-state index contributed by atoms with van der Waals surface area (Å²) in [5.74, 6) is -0.860. The summed E-state index contributed by atoms with van der Waals surface area (Å²) in [7, 11) is 0. The van der Waals surface area contributed by atoms with E-state index in [0.29, 0.717) is 17.1 Å². The third-order valence-electron chi connectivity index (χ3n) is 4.78. The van der Waals surface area contributed by atoms with Gasteiger partial charge in [0.2, 0.25) is 11.8 Å². The molecule has 1 aliphatic rings. The molecule has 2 aromatic rings. The van der Waals surface area contributed by atoms with Crippen molar-refractivity contribution in [2.45, 2.75) is 34.1 Å². The third kappa shape index (κ3) is 3.91. The Balaban J connectivity index is 1.63. The number of benzene rings is 2. The minimum absolute atomic E-state index is 0.108. The van der Waals surface area contributed by atoms with Crippen molar-refractivity contribution in [3.8, 4) is 0 Å². The second-order valence-electron chi connectivity index (χ2n) is 7.18. The second kappa shape index (κ2) is 7.12. The fourth-order valence-electron chi connectivity index (χ4n) is 3.24. The summed E-state index contributed by atoms with van der Waals surface area (Å²) in [4.78, 5) is 24.9. The van der Waals surface area contributed by atoms with Gasteiger partial charge in [0.15, 0.2) is 0 Å². The molecule has 0 aliphatic heterocycles. The molecule has 3 rings (SSSR count). The molecule has 5 heteroatoms. The molecule has 0 radical (unpaired) electrons. The van der Waals surface area contributed by atoms with Crippen LogP contribution in [-0.2, 0) is 9.59 Å². The first-order valence-electron chi connectivity index (χ1n) is 8.72. The SMILES string of the molecule is Cc1ccc(NC(=O)C2CC2C(=O)Nc2c(C)cc(C)cc2Cl)c(C)c1. The van der Waals surface area contributed by atoms with Crippen LogP contribution < -0.4 is 10.6 Å². The van der Waals surface area contributed by atoms with Crippen molar-refractivity contribution in [3.05, 3.63) is 57.6 Å². The molecular weight excluding hydrogens is 348 g/mol. The Hall–Kier alpha value is -2.33. The monoisotopic (exact) mass is 370 g/mol. The summed E-state index contributed by atoms with van der Waals surface area (Å²) in [6.45, 7) is 7.84. The topological polar surface area (TPSA) is 58.2 Å². The van der Waals surface area contributed by atoms with Crippen LogP contribution in [0.5, 0.6) is 0 Å². The van der Waals surface area contributed by atoms with E-state index in [1.165, 1.54) is 0 Å². The Morgan fingerprint density at radius 3 is 2.12 bits per heavy atom. The first kappa shape index (κ1) is 18.5. The van der Waals surface area contributed by atoms with E-state index < -0.39 is 0 Å².